The van der Waals surface area contributed by atoms with Crippen LogP contribution in [-0.4, -0.2) is 12.2 Å². The third-order valence-corrected chi connectivity index (χ3v) is 3.49. The predicted molar refractivity (Wildman–Crippen MR) is 80.8 cm³/mol. The second-order valence-electron chi connectivity index (χ2n) is 4.41. The number of hydrogen-bond donors (Lipinski definition) is 2. The van der Waals surface area contributed by atoms with E-state index in [9.17, 15) is 9.50 Å². The molecule has 0 bridgehead atoms. The minimum atomic E-state index is -0.345. The Labute approximate surface area is 125 Å². The molecule has 1 unspecified atom stereocenters. The fourth-order valence-corrected chi connectivity index (χ4v) is 2.29. The molecule has 0 aliphatic heterocycles. The van der Waals surface area contributed by atoms with Gasteiger partial charge in [-0.2, -0.15) is 0 Å². The fourth-order valence-electron chi connectivity index (χ4n) is 1.93. The molecule has 0 saturated carbocycles. The molecule has 2 aromatic carbocycles. The average molecular weight is 340 g/mol. The monoisotopic (exact) mass is 339 g/mol. The van der Waals surface area contributed by atoms with Crippen LogP contribution in [0.1, 0.15) is 18.5 Å². The molecule has 0 spiro atoms. The topological polar surface area (TPSA) is 41.5 Å². The van der Waals surface area contributed by atoms with Crippen LogP contribution in [0.2, 0.25) is 0 Å². The van der Waals surface area contributed by atoms with Crippen molar-refractivity contribution in [2.24, 2.45) is 0 Å². The number of hydrogen-bond acceptors (Lipinski definition) is 3. The Kier molecular flexibility index (Phi) is 4.49. The molecule has 2 rings (SSSR count). The third-order valence-electron chi connectivity index (χ3n) is 3.00. The molecular formula is C15H15BrFNO2. The molecule has 106 valence electrons. The van der Waals surface area contributed by atoms with E-state index in [0.29, 0.717) is 17.0 Å². The van der Waals surface area contributed by atoms with E-state index in [-0.39, 0.29) is 17.6 Å². The van der Waals surface area contributed by atoms with Crippen molar-refractivity contribution in [1.29, 1.82) is 0 Å². The van der Waals surface area contributed by atoms with Gasteiger partial charge in [-0.05, 0) is 43.3 Å². The summed E-state index contributed by atoms with van der Waals surface area (Å²) in [5.74, 6) is 0.435. The number of phenols is 1. The molecule has 1 atom stereocenters. The van der Waals surface area contributed by atoms with Gasteiger partial charge in [0.2, 0.25) is 0 Å². The summed E-state index contributed by atoms with van der Waals surface area (Å²) in [6.07, 6.45) is 0. The Hall–Kier alpha value is -1.75. The number of halogens is 2. The average Bonchev–Trinajstić information content (AvgIpc) is 2.43. The maximum absolute atomic E-state index is 13.7. The highest BCUT2D eigenvalue weighted by atomic mass is 79.9. The van der Waals surface area contributed by atoms with Crippen molar-refractivity contribution in [2.75, 3.05) is 12.4 Å². The van der Waals surface area contributed by atoms with Gasteiger partial charge in [0.05, 0.1) is 18.8 Å². The molecular weight excluding hydrogens is 325 g/mol. The first-order valence-electron chi connectivity index (χ1n) is 6.09. The Morgan fingerprint density at radius 1 is 1.25 bits per heavy atom. The minimum Gasteiger partial charge on any atom is -0.508 e. The van der Waals surface area contributed by atoms with E-state index < -0.39 is 0 Å². The van der Waals surface area contributed by atoms with Gasteiger partial charge in [0, 0.05) is 10.0 Å². The lowest BCUT2D eigenvalue weighted by Gasteiger charge is -2.18. The first kappa shape index (κ1) is 14.7. The fraction of sp³-hybridized carbons (Fsp3) is 0.200. The van der Waals surface area contributed by atoms with Gasteiger partial charge < -0.3 is 15.2 Å². The molecule has 2 N–H and O–H groups in total. The molecule has 3 nitrogen and oxygen atoms in total. The van der Waals surface area contributed by atoms with Gasteiger partial charge in [-0.3, -0.25) is 0 Å². The summed E-state index contributed by atoms with van der Waals surface area (Å²) in [6.45, 7) is 1.84. The van der Waals surface area contributed by atoms with Crippen LogP contribution in [0.3, 0.4) is 0 Å². The number of rotatable bonds is 4. The molecule has 0 radical (unpaired) electrons. The molecule has 0 saturated heterocycles. The predicted octanol–water partition coefficient (Wildman–Crippen LogP) is 4.48. The van der Waals surface area contributed by atoms with E-state index in [2.05, 4.69) is 21.2 Å². The number of methoxy groups -OCH3 is 1. The summed E-state index contributed by atoms with van der Waals surface area (Å²) in [7, 11) is 1.56. The molecule has 0 aliphatic rings. The molecule has 0 amide bonds. The first-order valence-corrected chi connectivity index (χ1v) is 6.89. The zero-order valence-electron chi connectivity index (χ0n) is 11.2. The third kappa shape index (κ3) is 3.22. The van der Waals surface area contributed by atoms with Crippen LogP contribution in [0, 0.1) is 5.82 Å². The lowest BCUT2D eigenvalue weighted by molar-refractivity contribution is 0.410. The maximum Gasteiger partial charge on any atom is 0.146 e. The largest absolute Gasteiger partial charge is 0.508 e. The zero-order chi connectivity index (χ0) is 14.7. The van der Waals surface area contributed by atoms with E-state index in [0.717, 1.165) is 4.47 Å². The standard InChI is InChI=1S/C15H15BrFNO2/c1-9(12-8-11(20-2)4-6-15(12)19)18-14-7-10(16)3-5-13(14)17/h3-9,18-19H,1-2H3. The molecule has 2 aromatic rings. The van der Waals surface area contributed by atoms with Gasteiger partial charge >= 0.3 is 0 Å². The van der Waals surface area contributed by atoms with E-state index in [1.807, 2.05) is 6.92 Å². The van der Waals surface area contributed by atoms with Crippen LogP contribution in [0.5, 0.6) is 11.5 Å². The van der Waals surface area contributed by atoms with E-state index in [1.54, 1.807) is 37.4 Å². The number of aromatic hydroxyl groups is 1. The molecule has 0 aromatic heterocycles. The second kappa shape index (κ2) is 6.13. The lowest BCUT2D eigenvalue weighted by atomic mass is 10.1. The van der Waals surface area contributed by atoms with Crippen molar-refractivity contribution in [3.8, 4) is 11.5 Å². The van der Waals surface area contributed by atoms with Crippen LogP contribution >= 0.6 is 15.9 Å². The van der Waals surface area contributed by atoms with Crippen molar-refractivity contribution in [3.05, 3.63) is 52.3 Å². The summed E-state index contributed by atoms with van der Waals surface area (Å²) in [5, 5.41) is 12.9. The molecule has 0 aliphatic carbocycles. The van der Waals surface area contributed by atoms with Gasteiger partial charge in [-0.25, -0.2) is 4.39 Å². The van der Waals surface area contributed by atoms with Crippen molar-refractivity contribution >= 4 is 21.6 Å². The number of benzene rings is 2. The summed E-state index contributed by atoms with van der Waals surface area (Å²) in [4.78, 5) is 0. The second-order valence-corrected chi connectivity index (χ2v) is 5.33. The smallest absolute Gasteiger partial charge is 0.146 e. The quantitative estimate of drug-likeness (QED) is 0.863. The van der Waals surface area contributed by atoms with Crippen LogP contribution in [0.15, 0.2) is 40.9 Å². The lowest BCUT2D eigenvalue weighted by Crippen LogP contribution is -2.08. The van der Waals surface area contributed by atoms with Crippen molar-refractivity contribution in [3.63, 3.8) is 0 Å². The molecule has 5 heteroatoms. The summed E-state index contributed by atoms with van der Waals surface area (Å²) < 4.78 is 19.6. The molecule has 0 fully saturated rings. The van der Waals surface area contributed by atoms with Crippen LogP contribution < -0.4 is 10.1 Å². The summed E-state index contributed by atoms with van der Waals surface area (Å²) >= 11 is 3.30. The highest BCUT2D eigenvalue weighted by molar-refractivity contribution is 9.10. The maximum atomic E-state index is 13.7. The molecule has 20 heavy (non-hydrogen) atoms. The van der Waals surface area contributed by atoms with E-state index in [4.69, 9.17) is 4.74 Å². The van der Waals surface area contributed by atoms with Crippen molar-refractivity contribution in [1.82, 2.24) is 0 Å². The van der Waals surface area contributed by atoms with Gasteiger partial charge in [0.1, 0.15) is 17.3 Å². The number of nitrogens with one attached hydrogen (secondary N) is 1. The van der Waals surface area contributed by atoms with E-state index >= 15 is 0 Å². The van der Waals surface area contributed by atoms with Gasteiger partial charge in [-0.1, -0.05) is 15.9 Å². The highest BCUT2D eigenvalue weighted by Crippen LogP contribution is 2.31. The van der Waals surface area contributed by atoms with Gasteiger partial charge in [0.25, 0.3) is 0 Å². The Bertz CT molecular complexity index is 619. The number of phenolic OH excluding ortho intramolecular Hbond substituents is 1. The number of ether oxygens (including phenoxy) is 1. The Morgan fingerprint density at radius 3 is 2.70 bits per heavy atom. The van der Waals surface area contributed by atoms with E-state index in [1.165, 1.54) is 6.07 Å². The molecule has 0 heterocycles. The normalized spacial score (nSPS) is 12.0. The van der Waals surface area contributed by atoms with Crippen LogP contribution in [-0.2, 0) is 0 Å². The summed E-state index contributed by atoms with van der Waals surface area (Å²) in [5.41, 5.74) is 1.01. The Morgan fingerprint density at radius 2 is 2.00 bits per heavy atom. The van der Waals surface area contributed by atoms with Gasteiger partial charge in [0.15, 0.2) is 0 Å². The van der Waals surface area contributed by atoms with Crippen molar-refractivity contribution in [2.45, 2.75) is 13.0 Å². The van der Waals surface area contributed by atoms with Gasteiger partial charge in [-0.15, -0.1) is 0 Å². The van der Waals surface area contributed by atoms with Crippen LogP contribution in [0.25, 0.3) is 0 Å². The number of anilines is 1. The van der Waals surface area contributed by atoms with Crippen LogP contribution in [0.4, 0.5) is 10.1 Å². The first-order chi connectivity index (χ1) is 9.51. The Balaban J connectivity index is 2.27. The summed E-state index contributed by atoms with van der Waals surface area (Å²) in [6, 6.07) is 9.36. The SMILES string of the molecule is COc1ccc(O)c(C(C)Nc2cc(Br)ccc2F)c1. The van der Waals surface area contributed by atoms with Crippen molar-refractivity contribution < 1.29 is 14.2 Å². The zero-order valence-corrected chi connectivity index (χ0v) is 12.7. The minimum absolute atomic E-state index is 0.140. The highest BCUT2D eigenvalue weighted by Gasteiger charge is 2.13.